The summed E-state index contributed by atoms with van der Waals surface area (Å²) in [6.07, 6.45) is 2.92. The van der Waals surface area contributed by atoms with Crippen LogP contribution in [0.25, 0.3) is 10.9 Å². The molecule has 4 rings (SSSR count). The highest BCUT2D eigenvalue weighted by molar-refractivity contribution is 5.86. The molecule has 0 aliphatic rings. The van der Waals surface area contributed by atoms with E-state index in [1.54, 1.807) is 20.3 Å². The minimum Gasteiger partial charge on any atom is -0.493 e. The number of nitrogens with one attached hydrogen (secondary N) is 1. The van der Waals surface area contributed by atoms with Crippen molar-refractivity contribution in [1.29, 1.82) is 0 Å². The molecule has 176 valence electrons. The van der Waals surface area contributed by atoms with E-state index in [9.17, 15) is 9.18 Å². The maximum absolute atomic E-state index is 14.1. The zero-order valence-electron chi connectivity index (χ0n) is 19.7. The summed E-state index contributed by atoms with van der Waals surface area (Å²) in [5.74, 6) is 0.680. The lowest BCUT2D eigenvalue weighted by molar-refractivity contribution is -0.121. The first-order valence-corrected chi connectivity index (χ1v) is 11.3. The van der Waals surface area contributed by atoms with Crippen LogP contribution in [0.5, 0.6) is 11.5 Å². The number of aromatic nitrogens is 1. The SMILES string of the molecule is COc1ccc(CCNC(=O)C[C@H](c2cccc(F)c2)c2cn(C)c3ccccc23)cc1OC. The summed E-state index contributed by atoms with van der Waals surface area (Å²) in [7, 11) is 5.18. The molecule has 34 heavy (non-hydrogen) atoms. The molecular formula is C28H29FN2O3. The number of methoxy groups -OCH3 is 2. The van der Waals surface area contributed by atoms with Crippen LogP contribution >= 0.6 is 0 Å². The average molecular weight is 461 g/mol. The molecule has 0 bridgehead atoms. The van der Waals surface area contributed by atoms with E-state index in [1.165, 1.54) is 12.1 Å². The van der Waals surface area contributed by atoms with Crippen molar-refractivity contribution in [1.82, 2.24) is 9.88 Å². The van der Waals surface area contributed by atoms with Crippen LogP contribution in [0.15, 0.2) is 72.9 Å². The number of amides is 1. The molecule has 0 unspecified atom stereocenters. The standard InChI is InChI=1S/C28H29FN2O3/c1-31-18-24(22-9-4-5-10-25(22)31)23(20-7-6-8-21(29)16-20)17-28(32)30-14-13-19-11-12-26(33-2)27(15-19)34-3/h4-12,15-16,18,23H,13-14,17H2,1-3H3,(H,30,32)/t23-/m1/s1. The quantitative estimate of drug-likeness (QED) is 0.373. The summed E-state index contributed by atoms with van der Waals surface area (Å²) in [6.45, 7) is 0.486. The molecule has 6 heteroatoms. The van der Waals surface area contributed by atoms with Crippen molar-refractivity contribution < 1.29 is 18.7 Å². The van der Waals surface area contributed by atoms with E-state index in [-0.39, 0.29) is 24.1 Å². The van der Waals surface area contributed by atoms with Gasteiger partial charge in [-0.05, 0) is 53.4 Å². The lowest BCUT2D eigenvalue weighted by atomic mass is 9.88. The molecule has 0 radical (unpaired) electrons. The second kappa shape index (κ2) is 10.4. The Morgan fingerprint density at radius 1 is 1.00 bits per heavy atom. The van der Waals surface area contributed by atoms with Gasteiger partial charge in [0, 0.05) is 43.0 Å². The van der Waals surface area contributed by atoms with Gasteiger partial charge >= 0.3 is 0 Å². The van der Waals surface area contributed by atoms with Crippen LogP contribution in [0.1, 0.15) is 29.0 Å². The van der Waals surface area contributed by atoms with Crippen molar-refractivity contribution >= 4 is 16.8 Å². The minimum absolute atomic E-state index is 0.0809. The van der Waals surface area contributed by atoms with Crippen LogP contribution in [0.4, 0.5) is 4.39 Å². The van der Waals surface area contributed by atoms with Crippen molar-refractivity contribution in [2.45, 2.75) is 18.8 Å². The summed E-state index contributed by atoms with van der Waals surface area (Å²) >= 11 is 0. The molecule has 1 N–H and O–H groups in total. The first-order valence-electron chi connectivity index (χ1n) is 11.3. The van der Waals surface area contributed by atoms with Crippen LogP contribution in [-0.2, 0) is 18.3 Å². The molecule has 4 aromatic rings. The maximum atomic E-state index is 14.1. The molecule has 1 aromatic heterocycles. The zero-order valence-corrected chi connectivity index (χ0v) is 19.7. The largest absolute Gasteiger partial charge is 0.493 e. The molecule has 3 aromatic carbocycles. The van der Waals surface area contributed by atoms with E-state index in [1.807, 2.05) is 66.3 Å². The number of para-hydroxylation sites is 1. The Morgan fingerprint density at radius 3 is 2.56 bits per heavy atom. The number of hydrogen-bond donors (Lipinski definition) is 1. The Bertz CT molecular complexity index is 1300. The first kappa shape index (κ1) is 23.4. The molecule has 1 atom stereocenters. The molecular weight excluding hydrogens is 431 g/mol. The molecule has 1 amide bonds. The summed E-state index contributed by atoms with van der Waals surface area (Å²) in [5.41, 5.74) is 3.91. The zero-order chi connectivity index (χ0) is 24.1. The highest BCUT2D eigenvalue weighted by Crippen LogP contribution is 2.34. The van der Waals surface area contributed by atoms with Crippen LogP contribution in [-0.4, -0.2) is 31.2 Å². The Balaban J connectivity index is 1.51. The van der Waals surface area contributed by atoms with Crippen molar-refractivity contribution in [3.63, 3.8) is 0 Å². The Morgan fingerprint density at radius 2 is 1.79 bits per heavy atom. The highest BCUT2D eigenvalue weighted by Gasteiger charge is 2.22. The summed E-state index contributed by atoms with van der Waals surface area (Å²) < 4.78 is 26.8. The first-order chi connectivity index (χ1) is 16.5. The van der Waals surface area contributed by atoms with Gasteiger partial charge in [0.1, 0.15) is 5.82 Å². The molecule has 0 aliphatic heterocycles. The van der Waals surface area contributed by atoms with Gasteiger partial charge in [-0.2, -0.15) is 0 Å². The van der Waals surface area contributed by atoms with E-state index >= 15 is 0 Å². The average Bonchev–Trinajstić information content (AvgIpc) is 3.18. The number of carbonyl (C=O) groups is 1. The fraction of sp³-hybridized carbons (Fsp3) is 0.250. The summed E-state index contributed by atoms with van der Waals surface area (Å²) in [6, 6.07) is 20.3. The van der Waals surface area contributed by atoms with Gasteiger partial charge in [-0.15, -0.1) is 0 Å². The second-order valence-corrected chi connectivity index (χ2v) is 8.31. The van der Waals surface area contributed by atoms with E-state index in [0.717, 1.165) is 27.6 Å². The van der Waals surface area contributed by atoms with Crippen LogP contribution in [0.2, 0.25) is 0 Å². The van der Waals surface area contributed by atoms with Crippen molar-refractivity contribution in [2.75, 3.05) is 20.8 Å². The lowest BCUT2D eigenvalue weighted by Crippen LogP contribution is -2.27. The van der Waals surface area contributed by atoms with E-state index in [2.05, 4.69) is 5.32 Å². The molecule has 5 nitrogen and oxygen atoms in total. The second-order valence-electron chi connectivity index (χ2n) is 8.31. The van der Waals surface area contributed by atoms with Gasteiger partial charge in [0.15, 0.2) is 11.5 Å². The number of hydrogen-bond acceptors (Lipinski definition) is 3. The number of fused-ring (bicyclic) bond motifs is 1. The smallest absolute Gasteiger partial charge is 0.220 e. The van der Waals surface area contributed by atoms with Crippen LogP contribution < -0.4 is 14.8 Å². The van der Waals surface area contributed by atoms with E-state index in [4.69, 9.17) is 9.47 Å². The fourth-order valence-electron chi connectivity index (χ4n) is 4.42. The predicted molar refractivity (Wildman–Crippen MR) is 132 cm³/mol. The van der Waals surface area contributed by atoms with E-state index in [0.29, 0.717) is 24.5 Å². The summed E-state index contributed by atoms with van der Waals surface area (Å²) in [5, 5.41) is 4.09. The van der Waals surface area contributed by atoms with Crippen LogP contribution in [0, 0.1) is 5.82 Å². The lowest BCUT2D eigenvalue weighted by Gasteiger charge is -2.17. The van der Waals surface area contributed by atoms with E-state index < -0.39 is 0 Å². The number of aryl methyl sites for hydroxylation is 1. The number of halogens is 1. The molecule has 1 heterocycles. The molecule has 0 saturated carbocycles. The van der Waals surface area contributed by atoms with Crippen molar-refractivity contribution in [3.05, 3.63) is 95.4 Å². The Hall–Kier alpha value is -3.80. The fourth-order valence-corrected chi connectivity index (χ4v) is 4.42. The number of rotatable bonds is 9. The normalized spacial score (nSPS) is 11.9. The third kappa shape index (κ3) is 5.06. The monoisotopic (exact) mass is 460 g/mol. The molecule has 0 saturated heterocycles. The number of benzene rings is 3. The highest BCUT2D eigenvalue weighted by atomic mass is 19.1. The Labute approximate surface area is 199 Å². The molecule has 0 spiro atoms. The Kier molecular flexibility index (Phi) is 7.16. The molecule has 0 fully saturated rings. The van der Waals surface area contributed by atoms with Gasteiger partial charge in [0.2, 0.25) is 5.91 Å². The van der Waals surface area contributed by atoms with Gasteiger partial charge in [-0.3, -0.25) is 4.79 Å². The number of ether oxygens (including phenoxy) is 2. The molecule has 0 aliphatic carbocycles. The van der Waals surface area contributed by atoms with Crippen molar-refractivity contribution in [3.8, 4) is 11.5 Å². The topological polar surface area (TPSA) is 52.5 Å². The third-order valence-corrected chi connectivity index (χ3v) is 6.13. The van der Waals surface area contributed by atoms with Crippen molar-refractivity contribution in [2.24, 2.45) is 7.05 Å². The summed E-state index contributed by atoms with van der Waals surface area (Å²) in [4.78, 5) is 13.0. The maximum Gasteiger partial charge on any atom is 0.220 e. The predicted octanol–water partition coefficient (Wildman–Crippen LogP) is 5.22. The van der Waals surface area contributed by atoms with Gasteiger partial charge in [-0.25, -0.2) is 4.39 Å². The van der Waals surface area contributed by atoms with Gasteiger partial charge < -0.3 is 19.4 Å². The minimum atomic E-state index is -0.309. The van der Waals surface area contributed by atoms with Crippen LogP contribution in [0.3, 0.4) is 0 Å². The number of carbonyl (C=O) groups excluding carboxylic acids is 1. The van der Waals surface area contributed by atoms with Gasteiger partial charge in [0.25, 0.3) is 0 Å². The number of nitrogens with zero attached hydrogens (tertiary/aromatic N) is 1. The van der Waals surface area contributed by atoms with Gasteiger partial charge in [0.05, 0.1) is 14.2 Å². The third-order valence-electron chi connectivity index (χ3n) is 6.13. The van der Waals surface area contributed by atoms with Gasteiger partial charge in [-0.1, -0.05) is 36.4 Å².